The van der Waals surface area contributed by atoms with Gasteiger partial charge in [0.25, 0.3) is 0 Å². The molecule has 0 aliphatic carbocycles. The van der Waals surface area contributed by atoms with Crippen LogP contribution < -0.4 is 5.32 Å². The summed E-state index contributed by atoms with van der Waals surface area (Å²) in [6.07, 6.45) is 0. The Morgan fingerprint density at radius 2 is 2.11 bits per heavy atom. The molecule has 4 nitrogen and oxygen atoms in total. The van der Waals surface area contributed by atoms with Crippen molar-refractivity contribution in [3.63, 3.8) is 0 Å². The van der Waals surface area contributed by atoms with E-state index in [1.807, 2.05) is 19.9 Å². The number of rotatable bonds is 3. The number of benzene rings is 1. The fraction of sp³-hybridized carbons (Fsp3) is 0.231. The lowest BCUT2D eigenvalue weighted by Gasteiger charge is -2.07. The number of carbonyl (C=O) groups is 1. The molecule has 2 aromatic rings. The van der Waals surface area contributed by atoms with Crippen LogP contribution >= 0.6 is 0 Å². The van der Waals surface area contributed by atoms with Gasteiger partial charge in [-0.2, -0.15) is 5.10 Å². The summed E-state index contributed by atoms with van der Waals surface area (Å²) in [6, 6.07) is 7.96. The van der Waals surface area contributed by atoms with E-state index in [0.717, 1.165) is 11.4 Å². The number of para-hydroxylation sites is 1. The lowest BCUT2D eigenvalue weighted by Crippen LogP contribution is -2.20. The molecule has 0 unspecified atom stereocenters. The van der Waals surface area contributed by atoms with E-state index in [9.17, 15) is 9.18 Å². The normalized spacial score (nSPS) is 10.4. The number of anilines is 1. The van der Waals surface area contributed by atoms with Crippen LogP contribution in [-0.4, -0.2) is 15.7 Å². The van der Waals surface area contributed by atoms with Crippen molar-refractivity contribution in [2.24, 2.45) is 0 Å². The summed E-state index contributed by atoms with van der Waals surface area (Å²) in [5, 5.41) is 6.70. The SMILES string of the molecule is Cc1cc(C)n(CC(=O)Nc2ccccc2F)n1. The minimum Gasteiger partial charge on any atom is -0.322 e. The molecule has 0 aliphatic rings. The molecule has 1 aromatic heterocycles. The minimum atomic E-state index is -0.445. The van der Waals surface area contributed by atoms with Gasteiger partial charge >= 0.3 is 0 Å². The van der Waals surface area contributed by atoms with E-state index in [-0.39, 0.29) is 18.1 Å². The molecule has 0 saturated heterocycles. The van der Waals surface area contributed by atoms with Gasteiger partial charge in [-0.15, -0.1) is 0 Å². The number of amides is 1. The monoisotopic (exact) mass is 247 g/mol. The molecule has 0 saturated carbocycles. The van der Waals surface area contributed by atoms with Gasteiger partial charge in [-0.05, 0) is 32.0 Å². The van der Waals surface area contributed by atoms with Crippen molar-refractivity contribution in [2.45, 2.75) is 20.4 Å². The second-order valence-corrected chi connectivity index (χ2v) is 4.11. The van der Waals surface area contributed by atoms with Crippen molar-refractivity contribution >= 4 is 11.6 Å². The van der Waals surface area contributed by atoms with Crippen LogP contribution in [0.15, 0.2) is 30.3 Å². The van der Waals surface area contributed by atoms with Crippen LogP contribution in [0.5, 0.6) is 0 Å². The van der Waals surface area contributed by atoms with E-state index < -0.39 is 5.82 Å². The number of aryl methyl sites for hydroxylation is 2. The van der Waals surface area contributed by atoms with Gasteiger partial charge in [0.15, 0.2) is 0 Å². The first-order valence-corrected chi connectivity index (χ1v) is 5.61. The Hall–Kier alpha value is -2.17. The van der Waals surface area contributed by atoms with E-state index in [2.05, 4.69) is 10.4 Å². The molecular formula is C13H14FN3O. The van der Waals surface area contributed by atoms with Crippen LogP contribution in [-0.2, 0) is 11.3 Å². The summed E-state index contributed by atoms with van der Waals surface area (Å²) in [6.45, 7) is 3.81. The number of hydrogen-bond acceptors (Lipinski definition) is 2. The molecule has 0 fully saturated rings. The molecule has 0 bridgehead atoms. The first-order chi connectivity index (χ1) is 8.56. The first-order valence-electron chi connectivity index (χ1n) is 5.61. The number of hydrogen-bond donors (Lipinski definition) is 1. The largest absolute Gasteiger partial charge is 0.322 e. The number of carbonyl (C=O) groups excluding carboxylic acids is 1. The van der Waals surface area contributed by atoms with Crippen molar-refractivity contribution in [1.29, 1.82) is 0 Å². The Balaban J connectivity index is 2.06. The number of aromatic nitrogens is 2. The summed E-state index contributed by atoms with van der Waals surface area (Å²) in [7, 11) is 0. The van der Waals surface area contributed by atoms with Gasteiger partial charge in [-0.1, -0.05) is 12.1 Å². The Kier molecular flexibility index (Phi) is 3.41. The molecule has 0 aliphatic heterocycles. The molecular weight excluding hydrogens is 233 g/mol. The van der Waals surface area contributed by atoms with Gasteiger partial charge in [0.1, 0.15) is 12.4 Å². The zero-order valence-electron chi connectivity index (χ0n) is 10.3. The minimum absolute atomic E-state index is 0.0774. The fourth-order valence-corrected chi connectivity index (χ4v) is 1.72. The maximum absolute atomic E-state index is 13.3. The summed E-state index contributed by atoms with van der Waals surface area (Å²) >= 11 is 0. The highest BCUT2D eigenvalue weighted by atomic mass is 19.1. The van der Waals surface area contributed by atoms with Gasteiger partial charge < -0.3 is 5.32 Å². The second kappa shape index (κ2) is 5.00. The third-order valence-corrected chi connectivity index (χ3v) is 2.54. The summed E-state index contributed by atoms with van der Waals surface area (Å²) in [5.41, 5.74) is 1.94. The molecule has 1 heterocycles. The number of nitrogens with zero attached hydrogens (tertiary/aromatic N) is 2. The average Bonchev–Trinajstić information content (AvgIpc) is 2.61. The van der Waals surface area contributed by atoms with Crippen molar-refractivity contribution < 1.29 is 9.18 Å². The summed E-state index contributed by atoms with van der Waals surface area (Å²) < 4.78 is 14.9. The third-order valence-electron chi connectivity index (χ3n) is 2.54. The van der Waals surface area contributed by atoms with E-state index in [4.69, 9.17) is 0 Å². The highest BCUT2D eigenvalue weighted by molar-refractivity contribution is 5.90. The van der Waals surface area contributed by atoms with Gasteiger partial charge in [0.05, 0.1) is 11.4 Å². The predicted octanol–water partition coefficient (Wildman–Crippen LogP) is 2.28. The molecule has 0 atom stereocenters. The van der Waals surface area contributed by atoms with Crippen molar-refractivity contribution in [3.05, 3.63) is 47.5 Å². The Morgan fingerprint density at radius 1 is 1.39 bits per heavy atom. The molecule has 1 amide bonds. The van der Waals surface area contributed by atoms with E-state index >= 15 is 0 Å². The topological polar surface area (TPSA) is 46.9 Å². The maximum Gasteiger partial charge on any atom is 0.246 e. The smallest absolute Gasteiger partial charge is 0.246 e. The Morgan fingerprint density at radius 3 is 2.72 bits per heavy atom. The van der Waals surface area contributed by atoms with Gasteiger partial charge in [-0.25, -0.2) is 4.39 Å². The molecule has 2 rings (SSSR count). The highest BCUT2D eigenvalue weighted by Gasteiger charge is 2.09. The van der Waals surface area contributed by atoms with Crippen molar-refractivity contribution in [1.82, 2.24) is 9.78 Å². The Labute approximate surface area is 104 Å². The molecule has 18 heavy (non-hydrogen) atoms. The van der Waals surface area contributed by atoms with Crippen LogP contribution in [0.2, 0.25) is 0 Å². The summed E-state index contributed by atoms with van der Waals surface area (Å²) in [5.74, 6) is -0.745. The third kappa shape index (κ3) is 2.74. The molecule has 1 N–H and O–H groups in total. The lowest BCUT2D eigenvalue weighted by atomic mass is 10.3. The van der Waals surface area contributed by atoms with E-state index in [0.29, 0.717) is 0 Å². The highest BCUT2D eigenvalue weighted by Crippen LogP contribution is 2.12. The van der Waals surface area contributed by atoms with Gasteiger partial charge in [0, 0.05) is 5.69 Å². The van der Waals surface area contributed by atoms with Crippen LogP contribution in [0.4, 0.5) is 10.1 Å². The molecule has 0 radical (unpaired) electrons. The predicted molar refractivity (Wildman–Crippen MR) is 66.7 cm³/mol. The van der Waals surface area contributed by atoms with Crippen LogP contribution in [0, 0.1) is 19.7 Å². The molecule has 1 aromatic carbocycles. The first kappa shape index (κ1) is 12.3. The zero-order valence-corrected chi connectivity index (χ0v) is 10.3. The quantitative estimate of drug-likeness (QED) is 0.904. The zero-order chi connectivity index (χ0) is 13.1. The van der Waals surface area contributed by atoms with Gasteiger partial charge in [-0.3, -0.25) is 9.48 Å². The second-order valence-electron chi connectivity index (χ2n) is 4.11. The maximum atomic E-state index is 13.3. The molecule has 5 heteroatoms. The number of halogens is 1. The lowest BCUT2D eigenvalue weighted by molar-refractivity contribution is -0.117. The Bertz CT molecular complexity index is 577. The van der Waals surface area contributed by atoms with Crippen molar-refractivity contribution in [3.8, 4) is 0 Å². The van der Waals surface area contributed by atoms with E-state index in [1.165, 1.54) is 12.1 Å². The van der Waals surface area contributed by atoms with Crippen LogP contribution in [0.1, 0.15) is 11.4 Å². The standard InChI is InChI=1S/C13H14FN3O/c1-9-7-10(2)17(16-9)8-13(18)15-12-6-4-3-5-11(12)14/h3-7H,8H2,1-2H3,(H,15,18). The van der Waals surface area contributed by atoms with Crippen molar-refractivity contribution in [2.75, 3.05) is 5.32 Å². The van der Waals surface area contributed by atoms with Crippen LogP contribution in [0.3, 0.4) is 0 Å². The average molecular weight is 247 g/mol. The molecule has 94 valence electrons. The summed E-state index contributed by atoms with van der Waals surface area (Å²) in [4.78, 5) is 11.8. The fourth-order valence-electron chi connectivity index (χ4n) is 1.72. The number of nitrogens with one attached hydrogen (secondary N) is 1. The van der Waals surface area contributed by atoms with E-state index in [1.54, 1.807) is 16.8 Å². The van der Waals surface area contributed by atoms with Crippen LogP contribution in [0.25, 0.3) is 0 Å². The molecule has 0 spiro atoms. The van der Waals surface area contributed by atoms with Gasteiger partial charge in [0.2, 0.25) is 5.91 Å².